The number of nitrogens with zero attached hydrogens (tertiary/aromatic N) is 1. The Balaban J connectivity index is 1.18. The Hall–Kier alpha value is -2.48. The number of carbonyl (C=O) groups is 1. The lowest BCUT2D eigenvalue weighted by Gasteiger charge is -2.46. The van der Waals surface area contributed by atoms with E-state index in [-0.39, 0.29) is 23.4 Å². The first kappa shape index (κ1) is 22.7. The van der Waals surface area contributed by atoms with Gasteiger partial charge in [0.15, 0.2) is 0 Å². The Morgan fingerprint density at radius 1 is 1.09 bits per heavy atom. The third kappa shape index (κ3) is 6.06. The number of piperidine rings is 1. The summed E-state index contributed by atoms with van der Waals surface area (Å²) < 4.78 is 31.8. The van der Waals surface area contributed by atoms with Crippen molar-refractivity contribution >= 4 is 11.7 Å². The zero-order valence-electron chi connectivity index (χ0n) is 18.3. The molecule has 2 aliphatic rings. The van der Waals surface area contributed by atoms with Crippen LogP contribution in [0.4, 0.5) is 14.9 Å². The van der Waals surface area contributed by atoms with Gasteiger partial charge in [-0.25, -0.2) is 9.18 Å². The minimum atomic E-state index is -0.433. The molecule has 0 aliphatic carbocycles. The van der Waals surface area contributed by atoms with Crippen LogP contribution in [0.5, 0.6) is 0 Å². The van der Waals surface area contributed by atoms with Crippen LogP contribution in [0.15, 0.2) is 54.6 Å². The molecule has 0 radical (unpaired) electrons. The molecular formula is C25H31FN2O4. The third-order valence-electron chi connectivity index (χ3n) is 6.22. The number of carbonyl (C=O) groups excluding carboxylic acids is 1. The first-order chi connectivity index (χ1) is 15.6. The van der Waals surface area contributed by atoms with E-state index in [0.29, 0.717) is 39.5 Å². The van der Waals surface area contributed by atoms with Gasteiger partial charge in [0.05, 0.1) is 37.2 Å². The number of likely N-dealkylation sites (tertiary alicyclic amines) is 1. The minimum Gasteiger partial charge on any atom is -0.376 e. The maximum Gasteiger partial charge on any atom is 0.321 e. The van der Waals surface area contributed by atoms with Crippen molar-refractivity contribution in [3.63, 3.8) is 0 Å². The Labute approximate surface area is 188 Å². The van der Waals surface area contributed by atoms with Crippen LogP contribution >= 0.6 is 0 Å². The average Bonchev–Trinajstić information content (AvgIpc) is 2.82. The predicted octanol–water partition coefficient (Wildman–Crippen LogP) is 4.60. The van der Waals surface area contributed by atoms with Crippen molar-refractivity contribution in [2.24, 2.45) is 0 Å². The number of hydrogen-bond acceptors (Lipinski definition) is 4. The molecule has 7 heteroatoms. The number of hydrogen-bond donors (Lipinski definition) is 1. The average molecular weight is 443 g/mol. The van der Waals surface area contributed by atoms with Crippen LogP contribution in [0, 0.1) is 5.82 Å². The van der Waals surface area contributed by atoms with Crippen molar-refractivity contribution in [3.8, 4) is 0 Å². The van der Waals surface area contributed by atoms with E-state index in [2.05, 4.69) is 5.32 Å². The summed E-state index contributed by atoms with van der Waals surface area (Å²) >= 11 is 0. The van der Waals surface area contributed by atoms with E-state index < -0.39 is 5.82 Å². The first-order valence-corrected chi connectivity index (χ1v) is 11.3. The van der Waals surface area contributed by atoms with E-state index in [1.54, 1.807) is 23.1 Å². The minimum absolute atomic E-state index is 0.142. The molecule has 0 aromatic heterocycles. The molecule has 1 atom stereocenters. The molecule has 32 heavy (non-hydrogen) atoms. The highest BCUT2D eigenvalue weighted by Crippen LogP contribution is 2.36. The monoisotopic (exact) mass is 442 g/mol. The van der Waals surface area contributed by atoms with Crippen LogP contribution in [0.2, 0.25) is 0 Å². The fraction of sp³-hybridized carbons (Fsp3) is 0.480. The molecule has 0 saturated carbocycles. The van der Waals surface area contributed by atoms with Gasteiger partial charge >= 0.3 is 6.03 Å². The molecule has 1 N–H and O–H groups in total. The molecule has 2 aliphatic heterocycles. The number of para-hydroxylation sites is 1. The lowest BCUT2D eigenvalue weighted by Crippen LogP contribution is -2.52. The quantitative estimate of drug-likeness (QED) is 0.637. The van der Waals surface area contributed by atoms with Gasteiger partial charge in [0.25, 0.3) is 0 Å². The van der Waals surface area contributed by atoms with Gasteiger partial charge in [-0.2, -0.15) is 0 Å². The molecule has 6 nitrogen and oxygen atoms in total. The molecule has 1 unspecified atom stereocenters. The lowest BCUT2D eigenvalue weighted by atomic mass is 9.83. The van der Waals surface area contributed by atoms with Gasteiger partial charge in [-0.1, -0.05) is 42.5 Å². The van der Waals surface area contributed by atoms with E-state index in [4.69, 9.17) is 14.2 Å². The third-order valence-corrected chi connectivity index (χ3v) is 6.22. The van der Waals surface area contributed by atoms with Crippen molar-refractivity contribution in [3.05, 3.63) is 66.0 Å². The SMILES string of the molecule is O=C(Nc1ccccc1F)N1CCC2(CC1)CC(OCCOCc1ccccc1)CCO2. The predicted molar refractivity (Wildman–Crippen MR) is 120 cm³/mol. The number of ether oxygens (including phenoxy) is 3. The zero-order valence-corrected chi connectivity index (χ0v) is 18.3. The summed E-state index contributed by atoms with van der Waals surface area (Å²) in [6, 6.07) is 16.0. The largest absolute Gasteiger partial charge is 0.376 e. The number of benzene rings is 2. The van der Waals surface area contributed by atoms with Gasteiger partial charge < -0.3 is 24.4 Å². The van der Waals surface area contributed by atoms with Crippen LogP contribution in [-0.4, -0.2) is 55.5 Å². The van der Waals surface area contributed by atoms with E-state index in [9.17, 15) is 9.18 Å². The highest BCUT2D eigenvalue weighted by atomic mass is 19.1. The number of amides is 2. The molecule has 2 aromatic rings. The molecule has 0 bridgehead atoms. The summed E-state index contributed by atoms with van der Waals surface area (Å²) in [4.78, 5) is 14.3. The van der Waals surface area contributed by atoms with Gasteiger partial charge in [-0.05, 0) is 37.0 Å². The highest BCUT2D eigenvalue weighted by molar-refractivity contribution is 5.89. The van der Waals surface area contributed by atoms with Crippen LogP contribution < -0.4 is 5.32 Å². The number of halogens is 1. The van der Waals surface area contributed by atoms with Gasteiger partial charge in [-0.15, -0.1) is 0 Å². The normalized spacial score (nSPS) is 20.3. The fourth-order valence-corrected chi connectivity index (χ4v) is 4.39. The topological polar surface area (TPSA) is 60.0 Å². The van der Waals surface area contributed by atoms with Crippen LogP contribution in [0.3, 0.4) is 0 Å². The van der Waals surface area contributed by atoms with E-state index in [0.717, 1.165) is 31.2 Å². The molecule has 1 spiro atoms. The van der Waals surface area contributed by atoms with Crippen molar-refractivity contribution in [2.75, 3.05) is 38.2 Å². The fourth-order valence-electron chi connectivity index (χ4n) is 4.39. The second kappa shape index (κ2) is 10.9. The molecule has 4 rings (SSSR count). The number of anilines is 1. The standard InChI is InChI=1S/C25H31FN2O4/c26-22-8-4-5-9-23(22)27-24(29)28-13-11-25(12-14-28)18-21(10-15-32-25)31-17-16-30-19-20-6-2-1-3-7-20/h1-9,21H,10-19H2,(H,27,29). The molecule has 2 amide bonds. The highest BCUT2D eigenvalue weighted by Gasteiger charge is 2.41. The summed E-state index contributed by atoms with van der Waals surface area (Å²) in [5.74, 6) is -0.433. The van der Waals surface area contributed by atoms with E-state index in [1.165, 1.54) is 6.07 Å². The zero-order chi connectivity index (χ0) is 22.2. The molecule has 2 fully saturated rings. The maximum absolute atomic E-state index is 13.8. The summed E-state index contributed by atoms with van der Waals surface area (Å²) in [5.41, 5.74) is 1.11. The lowest BCUT2D eigenvalue weighted by molar-refractivity contribution is -0.155. The number of nitrogens with one attached hydrogen (secondary N) is 1. The summed E-state index contributed by atoms with van der Waals surface area (Å²) in [7, 11) is 0. The second-order valence-electron chi connectivity index (χ2n) is 8.45. The second-order valence-corrected chi connectivity index (χ2v) is 8.45. The van der Waals surface area contributed by atoms with E-state index in [1.807, 2.05) is 30.3 Å². The van der Waals surface area contributed by atoms with Gasteiger partial charge in [-0.3, -0.25) is 0 Å². The first-order valence-electron chi connectivity index (χ1n) is 11.3. The van der Waals surface area contributed by atoms with Gasteiger partial charge in [0, 0.05) is 26.1 Å². The van der Waals surface area contributed by atoms with Crippen molar-refractivity contribution in [1.82, 2.24) is 4.90 Å². The molecule has 172 valence electrons. The summed E-state index contributed by atoms with van der Waals surface area (Å²) in [5, 5.41) is 2.66. The number of rotatable bonds is 7. The summed E-state index contributed by atoms with van der Waals surface area (Å²) in [6.07, 6.45) is 3.35. The Bertz CT molecular complexity index is 871. The maximum atomic E-state index is 13.8. The van der Waals surface area contributed by atoms with Gasteiger partial charge in [0.2, 0.25) is 0 Å². The smallest absolute Gasteiger partial charge is 0.321 e. The Morgan fingerprint density at radius 3 is 2.62 bits per heavy atom. The number of urea groups is 1. The Morgan fingerprint density at radius 2 is 1.84 bits per heavy atom. The van der Waals surface area contributed by atoms with Crippen molar-refractivity contribution in [2.45, 2.75) is 44.0 Å². The van der Waals surface area contributed by atoms with Crippen molar-refractivity contribution in [1.29, 1.82) is 0 Å². The Kier molecular flexibility index (Phi) is 7.73. The molecule has 2 aromatic carbocycles. The van der Waals surface area contributed by atoms with E-state index >= 15 is 0 Å². The van der Waals surface area contributed by atoms with Gasteiger partial charge in [0.1, 0.15) is 5.82 Å². The molecule has 2 saturated heterocycles. The van der Waals surface area contributed by atoms with Crippen LogP contribution in [-0.2, 0) is 20.8 Å². The van der Waals surface area contributed by atoms with Crippen LogP contribution in [0.1, 0.15) is 31.2 Å². The van der Waals surface area contributed by atoms with Crippen molar-refractivity contribution < 1.29 is 23.4 Å². The molecular weight excluding hydrogens is 411 g/mol. The van der Waals surface area contributed by atoms with Crippen LogP contribution in [0.25, 0.3) is 0 Å². The summed E-state index contributed by atoms with van der Waals surface area (Å²) in [6.45, 7) is 3.53. The molecule has 2 heterocycles.